The van der Waals surface area contributed by atoms with Crippen LogP contribution in [0, 0.1) is 12.3 Å². The molecule has 1 fully saturated rings. The predicted molar refractivity (Wildman–Crippen MR) is 107 cm³/mol. The van der Waals surface area contributed by atoms with Gasteiger partial charge in [-0.05, 0) is 31.0 Å². The van der Waals surface area contributed by atoms with Gasteiger partial charge in [-0.2, -0.15) is 8.42 Å². The van der Waals surface area contributed by atoms with Crippen LogP contribution in [-0.2, 0) is 25.6 Å². The molecule has 4 N–H and O–H groups in total. The molecular formula is C21H27NO6S. The van der Waals surface area contributed by atoms with Gasteiger partial charge in [-0.3, -0.25) is 4.18 Å². The van der Waals surface area contributed by atoms with Crippen molar-refractivity contribution >= 4 is 10.1 Å². The second kappa shape index (κ2) is 8.91. The third kappa shape index (κ3) is 5.03. The molecule has 0 heterocycles. The third-order valence-corrected chi connectivity index (χ3v) is 6.62. The number of benzene rings is 2. The Labute approximate surface area is 171 Å². The molecule has 158 valence electrons. The van der Waals surface area contributed by atoms with Gasteiger partial charge in [-0.25, -0.2) is 0 Å². The molecule has 8 heteroatoms. The highest BCUT2D eigenvalue weighted by molar-refractivity contribution is 7.86. The Kier molecular flexibility index (Phi) is 6.72. The van der Waals surface area contributed by atoms with Gasteiger partial charge >= 0.3 is 0 Å². The number of ether oxygens (including phenoxy) is 1. The number of aryl methyl sites for hydroxylation is 1. The van der Waals surface area contributed by atoms with Crippen molar-refractivity contribution in [3.05, 3.63) is 65.7 Å². The Balaban J connectivity index is 1.72. The first-order valence-corrected chi connectivity index (χ1v) is 10.8. The molecule has 0 spiro atoms. The molecule has 2 aromatic carbocycles. The van der Waals surface area contributed by atoms with Crippen molar-refractivity contribution in [3.63, 3.8) is 0 Å². The van der Waals surface area contributed by atoms with Crippen LogP contribution in [0.25, 0.3) is 0 Å². The Hall–Kier alpha value is -1.81. The van der Waals surface area contributed by atoms with E-state index in [1.807, 2.05) is 37.3 Å². The molecule has 3 rings (SSSR count). The molecule has 0 radical (unpaired) electrons. The highest BCUT2D eigenvalue weighted by Crippen LogP contribution is 2.39. The Morgan fingerprint density at radius 3 is 2.31 bits per heavy atom. The van der Waals surface area contributed by atoms with Gasteiger partial charge in [0.25, 0.3) is 10.1 Å². The minimum absolute atomic E-state index is 0.00274. The van der Waals surface area contributed by atoms with Crippen LogP contribution in [0.5, 0.6) is 0 Å². The molecule has 2 aromatic rings. The molecule has 4 unspecified atom stereocenters. The lowest BCUT2D eigenvalue weighted by molar-refractivity contribution is -0.0829. The van der Waals surface area contributed by atoms with Gasteiger partial charge in [0.05, 0.1) is 36.9 Å². The van der Waals surface area contributed by atoms with E-state index in [4.69, 9.17) is 14.7 Å². The Morgan fingerprint density at radius 2 is 1.72 bits per heavy atom. The van der Waals surface area contributed by atoms with Crippen LogP contribution in [0.15, 0.2) is 59.5 Å². The minimum atomic E-state index is -4.03. The summed E-state index contributed by atoms with van der Waals surface area (Å²) in [6.45, 7) is 1.79. The fourth-order valence-electron chi connectivity index (χ4n) is 3.55. The smallest absolute Gasteiger partial charge is 0.296 e. The molecule has 0 bridgehead atoms. The van der Waals surface area contributed by atoms with Gasteiger partial charge in [0.15, 0.2) is 0 Å². The highest BCUT2D eigenvalue weighted by atomic mass is 32.2. The number of rotatable bonds is 8. The van der Waals surface area contributed by atoms with Crippen molar-refractivity contribution in [2.45, 2.75) is 43.1 Å². The molecule has 4 atom stereocenters. The van der Waals surface area contributed by atoms with Crippen LogP contribution >= 0.6 is 0 Å². The average molecular weight is 422 g/mol. The summed E-state index contributed by atoms with van der Waals surface area (Å²) in [5.74, 6) is 0. The van der Waals surface area contributed by atoms with Crippen LogP contribution in [0.4, 0.5) is 0 Å². The normalized spacial score (nSPS) is 27.2. The standard InChI is InChI=1S/C21H27NO6S/c1-15-7-9-17(10-8-15)29(25,26)28-14-21(11-18(22)19(23)20(21)24)13-27-12-16-5-3-2-4-6-16/h2-10,18-20,23-24H,11-14,22H2,1H3. The minimum Gasteiger partial charge on any atom is -0.390 e. The number of aliphatic hydroxyl groups excluding tert-OH is 2. The summed E-state index contributed by atoms with van der Waals surface area (Å²) in [5.41, 5.74) is 6.65. The molecule has 1 aliphatic rings. The van der Waals surface area contributed by atoms with E-state index in [0.29, 0.717) is 0 Å². The molecule has 1 aliphatic carbocycles. The summed E-state index contributed by atoms with van der Waals surface area (Å²) in [7, 11) is -4.03. The molecule has 1 saturated carbocycles. The predicted octanol–water partition coefficient (Wildman–Crippen LogP) is 1.36. The van der Waals surface area contributed by atoms with Crippen LogP contribution in [0.3, 0.4) is 0 Å². The number of aliphatic hydroxyl groups is 2. The number of hydrogen-bond acceptors (Lipinski definition) is 7. The van der Waals surface area contributed by atoms with Gasteiger partial charge in [0, 0.05) is 11.5 Å². The van der Waals surface area contributed by atoms with Gasteiger partial charge in [-0.1, -0.05) is 48.0 Å². The van der Waals surface area contributed by atoms with Crippen LogP contribution in [-0.4, -0.2) is 50.1 Å². The van der Waals surface area contributed by atoms with Crippen LogP contribution in [0.1, 0.15) is 17.5 Å². The van der Waals surface area contributed by atoms with Gasteiger partial charge in [0.1, 0.15) is 0 Å². The zero-order valence-corrected chi connectivity index (χ0v) is 17.1. The lowest BCUT2D eigenvalue weighted by atomic mass is 9.85. The van der Waals surface area contributed by atoms with E-state index in [1.165, 1.54) is 12.1 Å². The van der Waals surface area contributed by atoms with E-state index in [2.05, 4.69) is 0 Å². The van der Waals surface area contributed by atoms with E-state index in [-0.39, 0.29) is 31.1 Å². The maximum atomic E-state index is 12.6. The SMILES string of the molecule is Cc1ccc(S(=O)(=O)OCC2(COCc3ccccc3)CC(N)C(O)C2O)cc1. The van der Waals surface area contributed by atoms with E-state index in [0.717, 1.165) is 11.1 Å². The summed E-state index contributed by atoms with van der Waals surface area (Å²) < 4.78 is 36.2. The summed E-state index contributed by atoms with van der Waals surface area (Å²) in [4.78, 5) is 0.0285. The molecule has 7 nitrogen and oxygen atoms in total. The van der Waals surface area contributed by atoms with Gasteiger partial charge < -0.3 is 20.7 Å². The molecule has 29 heavy (non-hydrogen) atoms. The highest BCUT2D eigenvalue weighted by Gasteiger charge is 2.52. The van der Waals surface area contributed by atoms with Crippen LogP contribution < -0.4 is 5.73 Å². The zero-order valence-electron chi connectivity index (χ0n) is 16.3. The zero-order chi connectivity index (χ0) is 21.1. The van der Waals surface area contributed by atoms with E-state index in [9.17, 15) is 18.6 Å². The number of hydrogen-bond donors (Lipinski definition) is 3. The first kappa shape index (κ1) is 21.9. The fourth-order valence-corrected chi connectivity index (χ4v) is 4.55. The maximum absolute atomic E-state index is 12.6. The molecule has 0 amide bonds. The van der Waals surface area contributed by atoms with Crippen molar-refractivity contribution in [2.75, 3.05) is 13.2 Å². The van der Waals surface area contributed by atoms with E-state index >= 15 is 0 Å². The van der Waals surface area contributed by atoms with Gasteiger partial charge in [0.2, 0.25) is 0 Å². The topological polar surface area (TPSA) is 119 Å². The van der Waals surface area contributed by atoms with Crippen molar-refractivity contribution in [2.24, 2.45) is 11.1 Å². The monoisotopic (exact) mass is 421 g/mol. The average Bonchev–Trinajstić information content (AvgIpc) is 2.92. The van der Waals surface area contributed by atoms with Crippen molar-refractivity contribution in [1.29, 1.82) is 0 Å². The number of nitrogens with two attached hydrogens (primary N) is 1. The maximum Gasteiger partial charge on any atom is 0.296 e. The first-order valence-electron chi connectivity index (χ1n) is 9.43. The fraction of sp³-hybridized carbons (Fsp3) is 0.429. The van der Waals surface area contributed by atoms with Gasteiger partial charge in [-0.15, -0.1) is 0 Å². The second-order valence-electron chi connectivity index (χ2n) is 7.67. The van der Waals surface area contributed by atoms with Crippen molar-refractivity contribution < 1.29 is 27.6 Å². The third-order valence-electron chi connectivity index (χ3n) is 5.34. The Bertz CT molecular complexity index is 903. The lowest BCUT2D eigenvalue weighted by Gasteiger charge is -2.32. The van der Waals surface area contributed by atoms with Crippen LogP contribution in [0.2, 0.25) is 0 Å². The van der Waals surface area contributed by atoms with E-state index in [1.54, 1.807) is 12.1 Å². The Morgan fingerprint density at radius 1 is 1.07 bits per heavy atom. The molecule has 0 aliphatic heterocycles. The lowest BCUT2D eigenvalue weighted by Crippen LogP contribution is -2.44. The molecule has 0 saturated heterocycles. The summed E-state index contributed by atoms with van der Waals surface area (Å²) in [5, 5.41) is 20.8. The summed E-state index contributed by atoms with van der Waals surface area (Å²) in [6, 6.07) is 15.1. The second-order valence-corrected chi connectivity index (χ2v) is 9.29. The largest absolute Gasteiger partial charge is 0.390 e. The first-order chi connectivity index (χ1) is 13.7. The quantitative estimate of drug-likeness (QED) is 0.551. The van der Waals surface area contributed by atoms with Crippen molar-refractivity contribution in [3.8, 4) is 0 Å². The van der Waals surface area contributed by atoms with Crippen molar-refractivity contribution in [1.82, 2.24) is 0 Å². The molecule has 0 aromatic heterocycles. The van der Waals surface area contributed by atoms with E-state index < -0.39 is 33.8 Å². The summed E-state index contributed by atoms with van der Waals surface area (Å²) in [6.07, 6.45) is -2.27. The molecular weight excluding hydrogens is 394 g/mol. The summed E-state index contributed by atoms with van der Waals surface area (Å²) >= 11 is 0.